The van der Waals surface area contributed by atoms with Crippen LogP contribution in [0.5, 0.6) is 5.75 Å². The number of fused-ring (bicyclic) bond motifs is 2. The minimum atomic E-state index is -1.74. The number of carbonyl (C=O) groups excluding carboxylic acids is 13. The van der Waals surface area contributed by atoms with Crippen LogP contribution in [0, 0.1) is 11.3 Å². The topological polar surface area (TPSA) is 587 Å². The van der Waals surface area contributed by atoms with Crippen LogP contribution in [-0.4, -0.2) is 217 Å². The molecule has 13 amide bonds. The second-order valence-electron chi connectivity index (χ2n) is 25.9. The molecule has 7 rings (SSSR count). The molecule has 2 fully saturated rings. The molecule has 0 bridgehead atoms. The smallest absolute Gasteiger partial charge is 0.303 e. The van der Waals surface area contributed by atoms with Gasteiger partial charge in [0.2, 0.25) is 76.8 Å². The molecule has 2 aliphatic rings. The lowest BCUT2D eigenvalue weighted by Gasteiger charge is -2.29. The number of primary amides is 2. The average Bonchev–Trinajstić information content (AvgIpc) is 1.65. The maximum atomic E-state index is 15.1. The van der Waals surface area contributed by atoms with Crippen LogP contribution in [0.15, 0.2) is 79.1 Å². The number of phenols is 1. The van der Waals surface area contributed by atoms with Gasteiger partial charge in [-0.2, -0.15) is 5.10 Å². The van der Waals surface area contributed by atoms with Gasteiger partial charge in [-0.05, 0) is 91.5 Å². The van der Waals surface area contributed by atoms with Crippen molar-refractivity contribution in [1.82, 2.24) is 78.6 Å². The highest BCUT2D eigenvalue weighted by Crippen LogP contribution is 2.26. The molecule has 36 nitrogen and oxygen atoms in total. The van der Waals surface area contributed by atoms with Crippen molar-refractivity contribution in [3.63, 3.8) is 0 Å². The molecule has 3 aromatic carbocycles. The Morgan fingerprint density at radius 1 is 0.708 bits per heavy atom. The third-order valence-corrected chi connectivity index (χ3v) is 19.9. The first kappa shape index (κ1) is 82.3. The Balaban J connectivity index is 1.27. The van der Waals surface area contributed by atoms with Crippen molar-refractivity contribution in [2.24, 2.45) is 28.9 Å². The molecule has 0 saturated carbocycles. The van der Waals surface area contributed by atoms with Gasteiger partial charge in [-0.1, -0.05) is 71.8 Å². The zero-order chi connectivity index (χ0) is 77.1. The van der Waals surface area contributed by atoms with Gasteiger partial charge in [0.25, 0.3) is 0 Å². The fourth-order valence-corrected chi connectivity index (χ4v) is 14.2. The summed E-state index contributed by atoms with van der Waals surface area (Å²) >= 11 is 0. The number of aromatic nitrogens is 3. The molecule has 4 heterocycles. The van der Waals surface area contributed by atoms with E-state index in [1.54, 1.807) is 68.7 Å². The predicted molar refractivity (Wildman–Crippen MR) is 390 cm³/mol. The number of aromatic amines is 2. The van der Waals surface area contributed by atoms with Gasteiger partial charge in [-0.3, -0.25) is 77.6 Å². The van der Waals surface area contributed by atoms with E-state index in [1.165, 1.54) is 29.2 Å². The first-order valence-corrected chi connectivity index (χ1v) is 36.9. The fourth-order valence-electron chi connectivity index (χ4n) is 11.8. The summed E-state index contributed by atoms with van der Waals surface area (Å²) in [7, 11) is 1.72. The maximum Gasteiger partial charge on any atom is 0.303 e. The quantitative estimate of drug-likeness (QED) is 0.0126. The number of hydrogen-bond donors (Lipinski definition) is 20. The van der Waals surface area contributed by atoms with Gasteiger partial charge in [0.1, 0.15) is 66.2 Å². The van der Waals surface area contributed by atoms with Crippen molar-refractivity contribution >= 4 is 132 Å². The monoisotopic (exact) mass is 1510 g/mol. The minimum Gasteiger partial charge on any atom is -0.508 e. The number of carboxylic acid groups (broad SMARTS) is 1. The second-order valence-corrected chi connectivity index (χ2v) is 28.5. The first-order valence-electron chi connectivity index (χ1n) is 34.4. The van der Waals surface area contributed by atoms with Crippen LogP contribution in [-0.2, 0) is 86.4 Å². The molecule has 10 atom stereocenters. The molecule has 24 N–H and O–H groups in total. The van der Waals surface area contributed by atoms with Crippen molar-refractivity contribution in [3.8, 4) is 5.75 Å². The highest BCUT2D eigenvalue weighted by molar-refractivity contribution is 8.76. The van der Waals surface area contributed by atoms with E-state index < -0.39 is 194 Å². The number of carbonyl (C=O) groups is 14. The molecule has 0 radical (unpaired) electrons. The number of nitrogens with zero attached hydrogens (tertiary/aromatic N) is 2. The number of aromatic hydroxyl groups is 1. The summed E-state index contributed by atoms with van der Waals surface area (Å²) in [5, 5.41) is 64.8. The summed E-state index contributed by atoms with van der Waals surface area (Å²) in [5.41, 5.74) is 25.3. The summed E-state index contributed by atoms with van der Waals surface area (Å²) in [4.78, 5) is 201. The number of likely N-dealkylation sites (tertiary alicyclic amines) is 1. The molecule has 0 unspecified atom stereocenters. The maximum absolute atomic E-state index is 15.1. The molecular formula is C68H92N20O16S2. The number of nitrogens with one attached hydrogen (secondary N) is 14. The van der Waals surface area contributed by atoms with E-state index in [0.29, 0.717) is 44.9 Å². The number of aliphatic carboxylic acids is 1. The van der Waals surface area contributed by atoms with Crippen LogP contribution in [0.25, 0.3) is 21.8 Å². The van der Waals surface area contributed by atoms with E-state index >= 15 is 9.59 Å². The van der Waals surface area contributed by atoms with E-state index in [2.05, 4.69) is 73.7 Å². The zero-order valence-electron chi connectivity index (χ0n) is 58.4. The number of para-hydroxylation sites is 1. The normalized spacial score (nSPS) is 22.0. The molecule has 2 aliphatic heterocycles. The van der Waals surface area contributed by atoms with Crippen molar-refractivity contribution in [3.05, 3.63) is 95.8 Å². The Morgan fingerprint density at radius 2 is 1.35 bits per heavy atom. The number of amides is 13. The highest BCUT2D eigenvalue weighted by atomic mass is 33.1. The Kier molecular flexibility index (Phi) is 31.3. The fraction of sp³-hybridized carbons (Fsp3) is 0.471. The molecule has 572 valence electrons. The van der Waals surface area contributed by atoms with Gasteiger partial charge in [0.15, 0.2) is 5.96 Å². The lowest BCUT2D eigenvalue weighted by molar-refractivity contribution is -0.139. The third kappa shape index (κ3) is 25.1. The number of carboxylic acids is 1. The van der Waals surface area contributed by atoms with Gasteiger partial charge >= 0.3 is 5.97 Å². The van der Waals surface area contributed by atoms with Gasteiger partial charge in [0.05, 0.1) is 11.7 Å². The molecule has 2 saturated heterocycles. The predicted octanol–water partition coefficient (Wildman–Crippen LogP) is -3.08. The lowest BCUT2D eigenvalue weighted by atomic mass is 10.00. The summed E-state index contributed by atoms with van der Waals surface area (Å²) in [6, 6.07) is 2.53. The highest BCUT2D eigenvalue weighted by Gasteiger charge is 2.39. The van der Waals surface area contributed by atoms with Crippen LogP contribution in [0.2, 0.25) is 0 Å². The number of rotatable bonds is 24. The summed E-state index contributed by atoms with van der Waals surface area (Å²) < 4.78 is 0. The second kappa shape index (κ2) is 40.3. The van der Waals surface area contributed by atoms with Gasteiger partial charge in [0, 0.05) is 105 Å². The van der Waals surface area contributed by atoms with Gasteiger partial charge in [-0.25, -0.2) is 0 Å². The molecule has 0 aliphatic carbocycles. The van der Waals surface area contributed by atoms with Crippen molar-refractivity contribution in [2.45, 2.75) is 158 Å². The SMILES string of the molecule is CC(C)[C@@H]1NC(=O)[C@@H](NC(=O)[C@H](Cc2ccc3[nH]ncc3c2)NC(=O)[C@@H]2CCCN2C(=O)CCN)CSSC[C@@H](C(N)=O)NC(=O)[C@H](CCC(=O)O)NC(=O)[C@H](Cc2c[nH]c3ccccc23)NC(=O)[C@H](CCC(N)=O)NC(=O)CCNC(=O)[C@H](CCCNC(=N)N)NC(=O)[C@H](Cc2ccc(O)cc2)NC1=O. The summed E-state index contributed by atoms with van der Waals surface area (Å²) in [6.07, 6.45) is 0.292. The van der Waals surface area contributed by atoms with Crippen LogP contribution in [0.3, 0.4) is 0 Å². The van der Waals surface area contributed by atoms with Crippen LogP contribution in [0.4, 0.5) is 0 Å². The number of phenolic OH excluding ortho intramolecular Hbond substituents is 1. The van der Waals surface area contributed by atoms with E-state index in [0.717, 1.165) is 21.6 Å². The van der Waals surface area contributed by atoms with Crippen molar-refractivity contribution in [1.29, 1.82) is 5.41 Å². The van der Waals surface area contributed by atoms with Crippen molar-refractivity contribution < 1.29 is 77.3 Å². The molecular weight excluding hydrogens is 1420 g/mol. The van der Waals surface area contributed by atoms with Gasteiger partial charge < -0.3 is 102 Å². The largest absolute Gasteiger partial charge is 0.508 e. The lowest BCUT2D eigenvalue weighted by Crippen LogP contribution is -2.61. The summed E-state index contributed by atoms with van der Waals surface area (Å²) in [6.45, 7) is 3.01. The Labute approximate surface area is 616 Å². The van der Waals surface area contributed by atoms with Crippen LogP contribution in [0.1, 0.15) is 94.7 Å². The molecule has 5 aromatic rings. The van der Waals surface area contributed by atoms with E-state index in [4.69, 9.17) is 28.3 Å². The Hall–Kier alpha value is -11.0. The minimum absolute atomic E-state index is 0.0158. The van der Waals surface area contributed by atoms with Crippen LogP contribution < -0.4 is 81.4 Å². The zero-order valence-corrected chi connectivity index (χ0v) is 60.1. The molecule has 106 heavy (non-hydrogen) atoms. The summed E-state index contributed by atoms with van der Waals surface area (Å²) in [5.74, 6) is -15.2. The number of H-pyrrole nitrogens is 2. The van der Waals surface area contributed by atoms with E-state index in [-0.39, 0.29) is 82.0 Å². The average molecular weight is 1510 g/mol. The molecule has 38 heteroatoms. The first-order chi connectivity index (χ1) is 50.6. The van der Waals surface area contributed by atoms with Crippen molar-refractivity contribution in [2.75, 3.05) is 37.7 Å². The van der Waals surface area contributed by atoms with E-state index in [9.17, 15) is 67.7 Å². The standard InChI is InChI=1S/C68H92N20O16S2/c1-35(2)57-67(104)83-47(28-36-11-14-40(89)15-12-36)62(99)79-44(9-5-24-75-68(72)73)59(96)74-25-22-54(91)78-45(17-19-53(70)90)60(97)81-49(30-38-31-76-43-8-4-3-7-41(38)43)64(101)80-46(18-20-56(93)94)61(98)84-50(58(71)95)33-105-106-34-51(65(102)86-57)85-63(100)48(29-37-13-16-42-39(27-37)32-77-87-42)82-66(103)52-10-6-26-88(52)55(92)21-23-69/h3-4,7-8,11-16,27,31-32,35,44-52,57,76,89H,5-6,9-10,17-26,28-30,33-34,69H2,1-2H3,(H2,70,90)(H2,71,95)(H,74,96)(H,77,87)(H,78,91)(H,79,99)(H,80,101)(H,81,97)(H,82,103)(H,83,104)(H,84,98)(H,85,100)(H,86,102)(H,93,94)(H4,72,73,75)/t44-,45-,46-,47-,48-,49-,50-,51-,52-,57-/m0/s1. The number of hydrogen-bond acceptors (Lipinski definition) is 20. The van der Waals surface area contributed by atoms with Gasteiger partial charge in [-0.15, -0.1) is 0 Å². The number of nitrogens with two attached hydrogens (primary N) is 4. The molecule has 0 spiro atoms. The van der Waals surface area contributed by atoms with E-state index in [1.807, 2.05) is 0 Å². The number of benzene rings is 3. The molecule has 2 aromatic heterocycles. The third-order valence-electron chi connectivity index (χ3n) is 17.5. The van der Waals surface area contributed by atoms with Crippen LogP contribution >= 0.6 is 21.6 Å². The number of guanidine groups is 1. The Bertz CT molecular complexity index is 4010. The Morgan fingerprint density at radius 3 is 2.04 bits per heavy atom.